The molecular formula is C17H19NO2S. The number of carboxylic acids is 1. The average Bonchev–Trinajstić information content (AvgIpc) is 3.01. The van der Waals surface area contributed by atoms with Crippen LogP contribution in [0.15, 0.2) is 35.7 Å². The highest BCUT2D eigenvalue weighted by Crippen LogP contribution is 2.38. The Bertz CT molecular complexity index is 636. The van der Waals surface area contributed by atoms with Crippen LogP contribution in [-0.4, -0.2) is 17.6 Å². The van der Waals surface area contributed by atoms with Crippen LogP contribution in [0, 0.1) is 0 Å². The fourth-order valence-corrected chi connectivity index (χ4v) is 4.16. The molecule has 2 heterocycles. The molecule has 0 saturated carbocycles. The summed E-state index contributed by atoms with van der Waals surface area (Å²) in [7, 11) is 0. The summed E-state index contributed by atoms with van der Waals surface area (Å²) in [6.07, 6.45) is 2.89. The third-order valence-corrected chi connectivity index (χ3v) is 5.12. The van der Waals surface area contributed by atoms with Gasteiger partial charge in [0.1, 0.15) is 0 Å². The Kier molecular flexibility index (Phi) is 3.97. The van der Waals surface area contributed by atoms with E-state index in [4.69, 9.17) is 0 Å². The molecule has 1 aromatic heterocycles. The van der Waals surface area contributed by atoms with Gasteiger partial charge in [-0.1, -0.05) is 19.1 Å². The summed E-state index contributed by atoms with van der Waals surface area (Å²) in [6.45, 7) is 3.19. The standard InChI is InChI=1S/C17H19NO2S/c1-2-14(16-9-5-11-21-16)18-10-4-7-12-13(17(19)20)6-3-8-15(12)18/h3,5-6,8-9,11,14H,2,4,7,10H2,1H3,(H,19,20). The predicted molar refractivity (Wildman–Crippen MR) is 86.4 cm³/mol. The normalized spacial score (nSPS) is 15.6. The van der Waals surface area contributed by atoms with Crippen LogP contribution in [0.4, 0.5) is 5.69 Å². The number of aromatic carboxylic acids is 1. The van der Waals surface area contributed by atoms with Gasteiger partial charge in [0.25, 0.3) is 0 Å². The molecule has 1 unspecified atom stereocenters. The molecule has 0 bridgehead atoms. The molecule has 1 N–H and O–H groups in total. The second kappa shape index (κ2) is 5.90. The van der Waals surface area contributed by atoms with E-state index in [1.54, 1.807) is 17.4 Å². The maximum Gasteiger partial charge on any atom is 0.336 e. The van der Waals surface area contributed by atoms with E-state index >= 15 is 0 Å². The van der Waals surface area contributed by atoms with Gasteiger partial charge in [-0.15, -0.1) is 11.3 Å². The van der Waals surface area contributed by atoms with Gasteiger partial charge in [0, 0.05) is 17.1 Å². The first-order valence-corrected chi connectivity index (χ1v) is 8.25. The lowest BCUT2D eigenvalue weighted by atomic mass is 9.94. The van der Waals surface area contributed by atoms with Crippen molar-refractivity contribution in [2.45, 2.75) is 32.2 Å². The second-order valence-electron chi connectivity index (χ2n) is 5.34. The number of carboxylic acid groups (broad SMARTS) is 1. The maximum absolute atomic E-state index is 11.4. The van der Waals surface area contributed by atoms with Crippen molar-refractivity contribution in [3.63, 3.8) is 0 Å². The van der Waals surface area contributed by atoms with Gasteiger partial charge in [0.05, 0.1) is 11.6 Å². The van der Waals surface area contributed by atoms with Gasteiger partial charge in [-0.05, 0) is 48.4 Å². The minimum Gasteiger partial charge on any atom is -0.478 e. The molecule has 0 radical (unpaired) electrons. The zero-order chi connectivity index (χ0) is 14.8. The number of thiophene rings is 1. The molecular weight excluding hydrogens is 282 g/mol. The van der Waals surface area contributed by atoms with Gasteiger partial charge in [-0.3, -0.25) is 0 Å². The van der Waals surface area contributed by atoms with Crippen LogP contribution in [0.5, 0.6) is 0 Å². The van der Waals surface area contributed by atoms with Crippen LogP contribution in [0.3, 0.4) is 0 Å². The van der Waals surface area contributed by atoms with Crippen molar-refractivity contribution >= 4 is 23.0 Å². The number of anilines is 1. The number of benzene rings is 1. The predicted octanol–water partition coefficient (Wildman–Crippen LogP) is 4.35. The van der Waals surface area contributed by atoms with Gasteiger partial charge in [-0.2, -0.15) is 0 Å². The van der Waals surface area contributed by atoms with E-state index in [9.17, 15) is 9.90 Å². The molecule has 0 aliphatic carbocycles. The van der Waals surface area contributed by atoms with Crippen molar-refractivity contribution in [3.8, 4) is 0 Å². The lowest BCUT2D eigenvalue weighted by Crippen LogP contribution is -2.33. The number of hydrogen-bond donors (Lipinski definition) is 1. The van der Waals surface area contributed by atoms with Gasteiger partial charge >= 0.3 is 5.97 Å². The molecule has 21 heavy (non-hydrogen) atoms. The zero-order valence-corrected chi connectivity index (χ0v) is 12.9. The number of fused-ring (bicyclic) bond motifs is 1. The lowest BCUT2D eigenvalue weighted by Gasteiger charge is -2.37. The molecule has 3 rings (SSSR count). The number of carbonyl (C=O) groups is 1. The highest BCUT2D eigenvalue weighted by Gasteiger charge is 2.27. The van der Waals surface area contributed by atoms with Crippen LogP contribution in [0.1, 0.15) is 46.6 Å². The Labute approximate surface area is 128 Å². The molecule has 2 aromatic rings. The minimum atomic E-state index is -0.821. The van der Waals surface area contributed by atoms with E-state index in [1.807, 2.05) is 6.07 Å². The maximum atomic E-state index is 11.4. The van der Waals surface area contributed by atoms with Gasteiger partial charge in [0.2, 0.25) is 0 Å². The van der Waals surface area contributed by atoms with E-state index in [0.717, 1.165) is 37.1 Å². The molecule has 0 spiro atoms. The minimum absolute atomic E-state index is 0.341. The summed E-state index contributed by atoms with van der Waals surface area (Å²) < 4.78 is 0. The highest BCUT2D eigenvalue weighted by atomic mass is 32.1. The van der Waals surface area contributed by atoms with Crippen LogP contribution >= 0.6 is 11.3 Å². The smallest absolute Gasteiger partial charge is 0.336 e. The molecule has 1 aromatic carbocycles. The van der Waals surface area contributed by atoms with Crippen LogP contribution in [0.2, 0.25) is 0 Å². The SMILES string of the molecule is CCC(c1cccs1)N1CCCc2c(C(=O)O)cccc21. The highest BCUT2D eigenvalue weighted by molar-refractivity contribution is 7.10. The molecule has 0 amide bonds. The lowest BCUT2D eigenvalue weighted by molar-refractivity contribution is 0.0695. The molecule has 1 aliphatic heterocycles. The first-order chi connectivity index (χ1) is 10.2. The first-order valence-electron chi connectivity index (χ1n) is 7.37. The quantitative estimate of drug-likeness (QED) is 0.912. The average molecular weight is 301 g/mol. The fraction of sp³-hybridized carbons (Fsp3) is 0.353. The number of rotatable bonds is 4. The molecule has 0 saturated heterocycles. The third-order valence-electron chi connectivity index (χ3n) is 4.15. The van der Waals surface area contributed by atoms with Gasteiger partial charge in [0.15, 0.2) is 0 Å². The van der Waals surface area contributed by atoms with Crippen LogP contribution < -0.4 is 4.90 Å². The Morgan fingerprint density at radius 1 is 1.38 bits per heavy atom. The van der Waals surface area contributed by atoms with E-state index in [1.165, 1.54) is 4.88 Å². The molecule has 1 aliphatic rings. The van der Waals surface area contributed by atoms with Crippen molar-refractivity contribution in [1.82, 2.24) is 0 Å². The number of nitrogens with zero attached hydrogens (tertiary/aromatic N) is 1. The Hall–Kier alpha value is -1.81. The summed E-state index contributed by atoms with van der Waals surface area (Å²) in [6, 6.07) is 10.2. The van der Waals surface area contributed by atoms with Crippen LogP contribution in [-0.2, 0) is 6.42 Å². The fourth-order valence-electron chi connectivity index (χ4n) is 3.23. The second-order valence-corrected chi connectivity index (χ2v) is 6.32. The van der Waals surface area contributed by atoms with Gasteiger partial charge in [-0.25, -0.2) is 4.79 Å². The Balaban J connectivity index is 2.04. The summed E-state index contributed by atoms with van der Waals surface area (Å²) in [5, 5.41) is 11.5. The molecule has 3 nitrogen and oxygen atoms in total. The summed E-state index contributed by atoms with van der Waals surface area (Å²) >= 11 is 1.78. The summed E-state index contributed by atoms with van der Waals surface area (Å²) in [4.78, 5) is 15.2. The van der Waals surface area contributed by atoms with Crippen molar-refractivity contribution in [3.05, 3.63) is 51.7 Å². The van der Waals surface area contributed by atoms with Gasteiger partial charge < -0.3 is 10.0 Å². The summed E-state index contributed by atoms with van der Waals surface area (Å²) in [5.74, 6) is -0.821. The molecule has 1 atom stereocenters. The van der Waals surface area contributed by atoms with Crippen molar-refractivity contribution < 1.29 is 9.90 Å². The monoisotopic (exact) mass is 301 g/mol. The Morgan fingerprint density at radius 2 is 2.24 bits per heavy atom. The first kappa shape index (κ1) is 14.1. The van der Waals surface area contributed by atoms with E-state index in [-0.39, 0.29) is 0 Å². The van der Waals surface area contributed by atoms with Crippen molar-refractivity contribution in [2.75, 3.05) is 11.4 Å². The topological polar surface area (TPSA) is 40.5 Å². The van der Waals surface area contributed by atoms with Crippen LogP contribution in [0.25, 0.3) is 0 Å². The number of hydrogen-bond acceptors (Lipinski definition) is 3. The van der Waals surface area contributed by atoms with Crippen molar-refractivity contribution in [2.24, 2.45) is 0 Å². The Morgan fingerprint density at radius 3 is 2.90 bits per heavy atom. The van der Waals surface area contributed by atoms with E-state index in [2.05, 4.69) is 35.4 Å². The van der Waals surface area contributed by atoms with Crippen molar-refractivity contribution in [1.29, 1.82) is 0 Å². The van der Waals surface area contributed by atoms with E-state index < -0.39 is 5.97 Å². The molecule has 110 valence electrons. The summed E-state index contributed by atoms with van der Waals surface area (Å²) in [5.41, 5.74) is 2.55. The van der Waals surface area contributed by atoms with E-state index in [0.29, 0.717) is 11.6 Å². The molecule has 0 fully saturated rings. The third kappa shape index (κ3) is 2.56. The largest absolute Gasteiger partial charge is 0.478 e. The zero-order valence-electron chi connectivity index (χ0n) is 12.1. The molecule has 4 heteroatoms.